The number of rotatable bonds is 10. The molecule has 1 heterocycles. The number of carboxylic acid groups (broad SMARTS) is 1. The van der Waals surface area contributed by atoms with Gasteiger partial charge in [-0.1, -0.05) is 85.8 Å². The van der Waals surface area contributed by atoms with E-state index in [1.165, 1.54) is 0 Å². The van der Waals surface area contributed by atoms with Crippen molar-refractivity contribution < 1.29 is 24.2 Å². The number of hydrogen-bond donors (Lipinski definition) is 2. The normalized spacial score (nSPS) is 18.6. The Labute approximate surface area is 240 Å². The zero-order valence-electron chi connectivity index (χ0n) is 23.5. The summed E-state index contributed by atoms with van der Waals surface area (Å²) in [7, 11) is 1.91. The van der Waals surface area contributed by atoms with Gasteiger partial charge in [0.25, 0.3) is 0 Å². The highest BCUT2D eigenvalue weighted by Crippen LogP contribution is 2.44. The molecule has 8 heteroatoms. The van der Waals surface area contributed by atoms with Crippen LogP contribution in [-0.2, 0) is 20.9 Å². The fourth-order valence-corrected chi connectivity index (χ4v) is 6.16. The Hall–Kier alpha value is -4.17. The second-order valence-electron chi connectivity index (χ2n) is 11.3. The molecule has 3 atom stereocenters. The maximum Gasteiger partial charge on any atom is 0.407 e. The third-order valence-corrected chi connectivity index (χ3v) is 8.24. The molecule has 8 nitrogen and oxygen atoms in total. The lowest BCUT2D eigenvalue weighted by Crippen LogP contribution is -2.53. The van der Waals surface area contributed by atoms with Gasteiger partial charge in [0, 0.05) is 32.1 Å². The topological polar surface area (TPSA) is 99.2 Å². The van der Waals surface area contributed by atoms with E-state index in [1.807, 2.05) is 73.5 Å². The highest BCUT2D eigenvalue weighted by Gasteiger charge is 2.37. The van der Waals surface area contributed by atoms with Gasteiger partial charge in [0.05, 0.1) is 6.42 Å². The van der Waals surface area contributed by atoms with Crippen LogP contribution in [0.4, 0.5) is 4.79 Å². The van der Waals surface area contributed by atoms with Crippen molar-refractivity contribution in [1.29, 1.82) is 0 Å². The molecule has 5 rings (SSSR count). The lowest BCUT2D eigenvalue weighted by atomic mass is 9.95. The van der Waals surface area contributed by atoms with E-state index in [4.69, 9.17) is 4.74 Å². The average Bonchev–Trinajstić information content (AvgIpc) is 3.48. The van der Waals surface area contributed by atoms with E-state index >= 15 is 0 Å². The van der Waals surface area contributed by atoms with Crippen molar-refractivity contribution >= 4 is 18.0 Å². The molecule has 2 amide bonds. The van der Waals surface area contributed by atoms with Crippen LogP contribution in [0.2, 0.25) is 0 Å². The molecule has 0 bridgehead atoms. The van der Waals surface area contributed by atoms with Gasteiger partial charge in [0.1, 0.15) is 12.6 Å². The van der Waals surface area contributed by atoms with Gasteiger partial charge < -0.3 is 20.1 Å². The van der Waals surface area contributed by atoms with Gasteiger partial charge in [-0.15, -0.1) is 0 Å². The first kappa shape index (κ1) is 28.4. The number of fused-ring (bicyclic) bond motifs is 3. The molecule has 41 heavy (non-hydrogen) atoms. The van der Waals surface area contributed by atoms with Gasteiger partial charge in [-0.3, -0.25) is 14.5 Å². The SMILES string of the molecule is C[C@@H]1CN(C(=O)C(CN(C)Cc2ccccc2)NC(=O)OCC2c3ccccc3-c3ccccc32)C[C@H]1CC(=O)O. The maximum absolute atomic E-state index is 13.7. The van der Waals surface area contributed by atoms with Crippen LogP contribution in [0.5, 0.6) is 0 Å². The van der Waals surface area contributed by atoms with Crippen molar-refractivity contribution in [2.75, 3.05) is 33.3 Å². The van der Waals surface area contributed by atoms with Gasteiger partial charge in [0.2, 0.25) is 5.91 Å². The number of likely N-dealkylation sites (tertiary alicyclic amines) is 1. The number of aliphatic carboxylic acids is 1. The zero-order valence-corrected chi connectivity index (χ0v) is 23.5. The van der Waals surface area contributed by atoms with Crippen LogP contribution in [0.15, 0.2) is 78.9 Å². The van der Waals surface area contributed by atoms with E-state index in [9.17, 15) is 19.5 Å². The number of likely N-dealkylation sites (N-methyl/N-ethyl adjacent to an activating group) is 1. The Morgan fingerprint density at radius 1 is 0.951 bits per heavy atom. The van der Waals surface area contributed by atoms with Gasteiger partial charge in [-0.05, 0) is 46.7 Å². The minimum absolute atomic E-state index is 0.0172. The van der Waals surface area contributed by atoms with Gasteiger partial charge in [-0.2, -0.15) is 0 Å². The molecule has 0 spiro atoms. The third-order valence-electron chi connectivity index (χ3n) is 8.24. The molecule has 1 fully saturated rings. The number of carbonyl (C=O) groups is 3. The Balaban J connectivity index is 1.27. The molecule has 1 aliphatic heterocycles. The number of carbonyl (C=O) groups excluding carboxylic acids is 2. The van der Waals surface area contributed by atoms with Crippen LogP contribution in [0, 0.1) is 11.8 Å². The second kappa shape index (κ2) is 12.6. The van der Waals surface area contributed by atoms with Crippen molar-refractivity contribution in [3.8, 4) is 11.1 Å². The number of benzene rings is 3. The van der Waals surface area contributed by atoms with Crippen molar-refractivity contribution in [3.05, 3.63) is 95.6 Å². The van der Waals surface area contributed by atoms with Crippen LogP contribution < -0.4 is 5.32 Å². The zero-order chi connectivity index (χ0) is 28.9. The van der Waals surface area contributed by atoms with E-state index in [0.717, 1.165) is 27.8 Å². The summed E-state index contributed by atoms with van der Waals surface area (Å²) in [6, 6.07) is 25.4. The summed E-state index contributed by atoms with van der Waals surface area (Å²) in [5.74, 6) is -1.23. The molecule has 1 saturated heterocycles. The number of nitrogens with zero attached hydrogens (tertiary/aromatic N) is 2. The summed E-state index contributed by atoms with van der Waals surface area (Å²) in [5, 5.41) is 12.1. The fourth-order valence-electron chi connectivity index (χ4n) is 6.16. The fraction of sp³-hybridized carbons (Fsp3) is 0.364. The van der Waals surface area contributed by atoms with Crippen molar-refractivity contribution in [3.63, 3.8) is 0 Å². The number of ether oxygens (including phenoxy) is 1. The van der Waals surface area contributed by atoms with Crippen LogP contribution >= 0.6 is 0 Å². The minimum Gasteiger partial charge on any atom is -0.481 e. The average molecular weight is 556 g/mol. The Bertz CT molecular complexity index is 1350. The van der Waals surface area contributed by atoms with E-state index in [2.05, 4.69) is 29.6 Å². The van der Waals surface area contributed by atoms with Crippen molar-refractivity contribution in [1.82, 2.24) is 15.1 Å². The summed E-state index contributed by atoms with van der Waals surface area (Å²) < 4.78 is 5.76. The highest BCUT2D eigenvalue weighted by atomic mass is 16.5. The quantitative estimate of drug-likeness (QED) is 0.380. The first-order valence-electron chi connectivity index (χ1n) is 14.1. The summed E-state index contributed by atoms with van der Waals surface area (Å²) in [4.78, 5) is 41.9. The van der Waals surface area contributed by atoms with Crippen LogP contribution in [0.25, 0.3) is 11.1 Å². The maximum atomic E-state index is 13.7. The van der Waals surface area contributed by atoms with E-state index < -0.39 is 18.1 Å². The molecule has 2 aliphatic rings. The third kappa shape index (κ3) is 6.60. The van der Waals surface area contributed by atoms with E-state index in [-0.39, 0.29) is 43.2 Å². The molecule has 1 aliphatic carbocycles. The summed E-state index contributed by atoms with van der Waals surface area (Å²) in [6.07, 6.45) is -0.628. The number of alkyl carbamates (subject to hydrolysis) is 1. The molecule has 0 radical (unpaired) electrons. The predicted octanol–water partition coefficient (Wildman–Crippen LogP) is 4.59. The van der Waals surface area contributed by atoms with Gasteiger partial charge in [0.15, 0.2) is 0 Å². The summed E-state index contributed by atoms with van der Waals surface area (Å²) in [6.45, 7) is 3.83. The molecule has 214 valence electrons. The monoisotopic (exact) mass is 555 g/mol. The van der Waals surface area contributed by atoms with Gasteiger partial charge in [-0.25, -0.2) is 4.79 Å². The largest absolute Gasteiger partial charge is 0.481 e. The number of nitrogens with one attached hydrogen (secondary N) is 1. The molecule has 1 unspecified atom stereocenters. The van der Waals surface area contributed by atoms with Crippen LogP contribution in [0.3, 0.4) is 0 Å². The number of amides is 2. The first-order valence-corrected chi connectivity index (χ1v) is 14.1. The van der Waals surface area contributed by atoms with Crippen molar-refractivity contribution in [2.24, 2.45) is 11.8 Å². The second-order valence-corrected chi connectivity index (χ2v) is 11.3. The molecule has 3 aromatic rings. The lowest BCUT2D eigenvalue weighted by molar-refractivity contribution is -0.139. The summed E-state index contributed by atoms with van der Waals surface area (Å²) >= 11 is 0. The Kier molecular flexibility index (Phi) is 8.69. The molecular formula is C33H37N3O5. The predicted molar refractivity (Wildman–Crippen MR) is 156 cm³/mol. The molecule has 2 N–H and O–H groups in total. The highest BCUT2D eigenvalue weighted by molar-refractivity contribution is 5.86. The lowest BCUT2D eigenvalue weighted by Gasteiger charge is -2.28. The number of hydrogen-bond acceptors (Lipinski definition) is 5. The van der Waals surface area contributed by atoms with E-state index in [1.54, 1.807) is 4.90 Å². The standard InChI is InChI=1S/C33H37N3O5/c1-22-17-36(19-24(22)16-31(37)38)32(39)30(20-35(2)18-23-10-4-3-5-11-23)34-33(40)41-21-29-27-14-8-6-12-25(27)26-13-7-9-15-28(26)29/h3-15,22,24,29-30H,16-21H2,1-2H3,(H,34,40)(H,37,38)/t22-,24-,30?/m1/s1. The molecule has 3 aromatic carbocycles. The van der Waals surface area contributed by atoms with E-state index in [0.29, 0.717) is 19.6 Å². The molecule has 0 saturated carbocycles. The Morgan fingerprint density at radius 2 is 1.56 bits per heavy atom. The molecule has 0 aromatic heterocycles. The van der Waals surface area contributed by atoms with Crippen molar-refractivity contribution in [2.45, 2.75) is 31.8 Å². The van der Waals surface area contributed by atoms with Crippen LogP contribution in [0.1, 0.15) is 36.0 Å². The number of carboxylic acids is 1. The Morgan fingerprint density at radius 3 is 2.20 bits per heavy atom. The molecular weight excluding hydrogens is 518 g/mol. The summed E-state index contributed by atoms with van der Waals surface area (Å²) in [5.41, 5.74) is 5.62. The smallest absolute Gasteiger partial charge is 0.407 e. The van der Waals surface area contributed by atoms with Crippen LogP contribution in [-0.4, -0.2) is 72.2 Å². The van der Waals surface area contributed by atoms with Gasteiger partial charge >= 0.3 is 12.1 Å². The first-order chi connectivity index (χ1) is 19.8. The minimum atomic E-state index is -0.868.